The first kappa shape index (κ1) is 19.0. The van der Waals surface area contributed by atoms with Crippen molar-refractivity contribution in [2.24, 2.45) is 7.05 Å². The molecule has 8 heteroatoms. The highest BCUT2D eigenvalue weighted by molar-refractivity contribution is 5.83. The molecule has 0 atom stereocenters. The lowest BCUT2D eigenvalue weighted by molar-refractivity contribution is 0.635. The van der Waals surface area contributed by atoms with Crippen LogP contribution in [-0.4, -0.2) is 34.5 Å². The van der Waals surface area contributed by atoms with E-state index in [1.807, 2.05) is 60.9 Å². The molecule has 5 aromatic rings. The molecule has 0 aliphatic heterocycles. The number of benzene rings is 1. The van der Waals surface area contributed by atoms with Crippen molar-refractivity contribution in [3.8, 4) is 11.3 Å². The standard InChI is InChI=1S/C23H20FN7/c1-14-22(30(3)29-28-14)16-12-17(24)21-20(13-16)31(15(2)27-21)23(18-8-4-6-10-25-18)19-9-5-7-11-26-19/h4-13,23H,1-3H3. The molecule has 0 saturated carbocycles. The molecule has 0 spiro atoms. The molecular weight excluding hydrogens is 393 g/mol. The molecule has 154 valence electrons. The molecule has 0 aliphatic carbocycles. The normalized spacial score (nSPS) is 11.5. The first-order chi connectivity index (χ1) is 15.0. The summed E-state index contributed by atoms with van der Waals surface area (Å²) in [5.41, 5.74) is 4.76. The topological polar surface area (TPSA) is 74.3 Å². The van der Waals surface area contributed by atoms with Gasteiger partial charge in [-0.3, -0.25) is 9.97 Å². The maximum absolute atomic E-state index is 15.2. The van der Waals surface area contributed by atoms with Crippen LogP contribution in [0.2, 0.25) is 0 Å². The van der Waals surface area contributed by atoms with Crippen molar-refractivity contribution in [2.75, 3.05) is 0 Å². The quantitative estimate of drug-likeness (QED) is 0.445. The number of fused-ring (bicyclic) bond motifs is 1. The number of hydrogen-bond donors (Lipinski definition) is 0. The van der Waals surface area contributed by atoms with Crippen LogP contribution in [0.4, 0.5) is 4.39 Å². The number of rotatable bonds is 4. The van der Waals surface area contributed by atoms with Gasteiger partial charge in [0.05, 0.1) is 28.3 Å². The van der Waals surface area contributed by atoms with Crippen LogP contribution >= 0.6 is 0 Å². The lowest BCUT2D eigenvalue weighted by atomic mass is 10.1. The second kappa shape index (κ2) is 7.39. The molecule has 0 bridgehead atoms. The Morgan fingerprint density at radius 2 is 1.61 bits per heavy atom. The van der Waals surface area contributed by atoms with Crippen molar-refractivity contribution in [2.45, 2.75) is 19.9 Å². The zero-order valence-electron chi connectivity index (χ0n) is 17.4. The lowest BCUT2D eigenvalue weighted by Gasteiger charge is -2.20. The summed E-state index contributed by atoms with van der Waals surface area (Å²) < 4.78 is 18.8. The van der Waals surface area contributed by atoms with Crippen molar-refractivity contribution in [1.82, 2.24) is 34.5 Å². The lowest BCUT2D eigenvalue weighted by Crippen LogP contribution is -2.16. The molecule has 0 aliphatic rings. The van der Waals surface area contributed by atoms with Crippen molar-refractivity contribution in [1.29, 1.82) is 0 Å². The van der Waals surface area contributed by atoms with Gasteiger partial charge in [0.2, 0.25) is 0 Å². The van der Waals surface area contributed by atoms with E-state index in [4.69, 9.17) is 0 Å². The fourth-order valence-electron chi connectivity index (χ4n) is 4.08. The van der Waals surface area contributed by atoms with Gasteiger partial charge in [0, 0.05) is 25.0 Å². The van der Waals surface area contributed by atoms with Crippen molar-refractivity contribution in [3.63, 3.8) is 0 Å². The average Bonchev–Trinajstić information content (AvgIpc) is 3.29. The molecule has 0 fully saturated rings. The van der Waals surface area contributed by atoms with Gasteiger partial charge in [-0.15, -0.1) is 5.10 Å². The molecule has 0 radical (unpaired) electrons. The predicted molar refractivity (Wildman–Crippen MR) is 115 cm³/mol. The smallest absolute Gasteiger partial charge is 0.151 e. The summed E-state index contributed by atoms with van der Waals surface area (Å²) in [5.74, 6) is 0.281. The summed E-state index contributed by atoms with van der Waals surface area (Å²) in [6.07, 6.45) is 3.49. The molecule has 4 aromatic heterocycles. The Morgan fingerprint density at radius 3 is 2.16 bits per heavy atom. The number of nitrogens with zero attached hydrogens (tertiary/aromatic N) is 7. The van der Waals surface area contributed by atoms with E-state index in [-0.39, 0.29) is 6.04 Å². The number of pyridine rings is 2. The van der Waals surface area contributed by atoms with Crippen LogP contribution < -0.4 is 0 Å². The van der Waals surface area contributed by atoms with Crippen LogP contribution in [0.3, 0.4) is 0 Å². The van der Waals surface area contributed by atoms with Gasteiger partial charge in [-0.1, -0.05) is 17.3 Å². The van der Waals surface area contributed by atoms with Crippen LogP contribution in [0.15, 0.2) is 60.9 Å². The molecule has 1 aromatic carbocycles. The van der Waals surface area contributed by atoms with E-state index in [1.165, 1.54) is 6.07 Å². The minimum absolute atomic E-state index is 0.311. The third-order valence-corrected chi connectivity index (χ3v) is 5.39. The van der Waals surface area contributed by atoms with Crippen molar-refractivity contribution >= 4 is 11.0 Å². The number of halogens is 1. The van der Waals surface area contributed by atoms with Gasteiger partial charge in [-0.25, -0.2) is 14.1 Å². The highest BCUT2D eigenvalue weighted by Crippen LogP contribution is 2.33. The highest BCUT2D eigenvalue weighted by atomic mass is 19.1. The third-order valence-electron chi connectivity index (χ3n) is 5.39. The Labute approximate surface area is 178 Å². The summed E-state index contributed by atoms with van der Waals surface area (Å²) in [7, 11) is 1.80. The molecule has 7 nitrogen and oxygen atoms in total. The minimum Gasteiger partial charge on any atom is -0.313 e. The van der Waals surface area contributed by atoms with E-state index in [2.05, 4.69) is 25.3 Å². The highest BCUT2D eigenvalue weighted by Gasteiger charge is 2.25. The van der Waals surface area contributed by atoms with Crippen LogP contribution in [-0.2, 0) is 7.05 Å². The SMILES string of the molecule is Cc1nnn(C)c1-c1cc(F)c2nc(C)n(C(c3ccccn3)c3ccccn3)c2c1. The van der Waals surface area contributed by atoms with E-state index < -0.39 is 5.82 Å². The first-order valence-corrected chi connectivity index (χ1v) is 9.91. The Hall–Kier alpha value is -3.94. The van der Waals surface area contributed by atoms with Gasteiger partial charge < -0.3 is 4.57 Å². The zero-order valence-corrected chi connectivity index (χ0v) is 17.4. The molecule has 0 saturated heterocycles. The predicted octanol–water partition coefficient (Wildman–Crippen LogP) is 4.02. The second-order valence-corrected chi connectivity index (χ2v) is 7.41. The monoisotopic (exact) mass is 413 g/mol. The number of aromatic nitrogens is 7. The van der Waals surface area contributed by atoms with Gasteiger partial charge in [-0.2, -0.15) is 0 Å². The Balaban J connectivity index is 1.81. The molecule has 31 heavy (non-hydrogen) atoms. The van der Waals surface area contributed by atoms with Crippen molar-refractivity contribution < 1.29 is 4.39 Å². The van der Waals surface area contributed by atoms with Crippen LogP contribution in [0.5, 0.6) is 0 Å². The van der Waals surface area contributed by atoms with E-state index in [9.17, 15) is 0 Å². The summed E-state index contributed by atoms with van der Waals surface area (Å²) in [6, 6.07) is 14.6. The average molecular weight is 413 g/mol. The van der Waals surface area contributed by atoms with E-state index in [1.54, 1.807) is 24.1 Å². The summed E-state index contributed by atoms with van der Waals surface area (Å²) >= 11 is 0. The molecule has 0 N–H and O–H groups in total. The van der Waals surface area contributed by atoms with Gasteiger partial charge in [0.25, 0.3) is 0 Å². The first-order valence-electron chi connectivity index (χ1n) is 9.91. The molecule has 4 heterocycles. The molecule has 0 amide bonds. The summed E-state index contributed by atoms with van der Waals surface area (Å²) in [4.78, 5) is 13.7. The Bertz CT molecular complexity index is 1310. The minimum atomic E-state index is -0.393. The third kappa shape index (κ3) is 3.16. The second-order valence-electron chi connectivity index (χ2n) is 7.41. The van der Waals surface area contributed by atoms with Crippen molar-refractivity contribution in [3.05, 3.63) is 89.6 Å². The molecule has 0 unspecified atom stereocenters. The fourth-order valence-corrected chi connectivity index (χ4v) is 4.08. The maximum Gasteiger partial charge on any atom is 0.151 e. The van der Waals surface area contributed by atoms with E-state index in [0.717, 1.165) is 22.8 Å². The fraction of sp³-hybridized carbons (Fsp3) is 0.174. The van der Waals surface area contributed by atoms with E-state index in [0.29, 0.717) is 22.4 Å². The Kier molecular flexibility index (Phi) is 4.54. The van der Waals surface area contributed by atoms with Crippen LogP contribution in [0.1, 0.15) is 28.9 Å². The largest absolute Gasteiger partial charge is 0.313 e. The number of hydrogen-bond acceptors (Lipinski definition) is 5. The molecular formula is C23H20FN7. The van der Waals surface area contributed by atoms with Crippen LogP contribution in [0.25, 0.3) is 22.3 Å². The number of imidazole rings is 1. The van der Waals surface area contributed by atoms with Gasteiger partial charge in [-0.05, 0) is 50.2 Å². The summed E-state index contributed by atoms with van der Waals surface area (Å²) in [6.45, 7) is 3.73. The zero-order chi connectivity index (χ0) is 21.5. The number of aryl methyl sites for hydroxylation is 3. The molecule has 5 rings (SSSR count). The Morgan fingerprint density at radius 1 is 0.935 bits per heavy atom. The van der Waals surface area contributed by atoms with Crippen LogP contribution in [0, 0.1) is 19.7 Å². The van der Waals surface area contributed by atoms with Gasteiger partial charge in [0.15, 0.2) is 5.82 Å². The summed E-state index contributed by atoms with van der Waals surface area (Å²) in [5, 5.41) is 8.17. The maximum atomic E-state index is 15.2. The van der Waals surface area contributed by atoms with Gasteiger partial charge >= 0.3 is 0 Å². The van der Waals surface area contributed by atoms with Gasteiger partial charge in [0.1, 0.15) is 17.4 Å². The van der Waals surface area contributed by atoms with E-state index >= 15 is 4.39 Å².